The van der Waals surface area contributed by atoms with Crippen LogP contribution in [0.5, 0.6) is 5.88 Å². The first kappa shape index (κ1) is 18.9. The molecule has 2 N–H and O–H groups in total. The smallest absolute Gasteiger partial charge is 0.253 e. The topological polar surface area (TPSA) is 104 Å². The molecule has 2 heterocycles. The maximum atomic E-state index is 12.3. The number of hydrogen-bond acceptors (Lipinski definition) is 5. The van der Waals surface area contributed by atoms with Crippen LogP contribution >= 0.6 is 0 Å². The number of benzene rings is 2. The molecule has 0 unspecified atom stereocenters. The van der Waals surface area contributed by atoms with Crippen LogP contribution in [0.4, 0.5) is 0 Å². The van der Waals surface area contributed by atoms with Crippen LogP contribution < -0.4 is 5.32 Å². The second-order valence-electron chi connectivity index (χ2n) is 6.56. The van der Waals surface area contributed by atoms with Gasteiger partial charge in [0.25, 0.3) is 5.91 Å². The number of carbonyl (C=O) groups is 1. The van der Waals surface area contributed by atoms with E-state index < -0.39 is 0 Å². The molecule has 4 aromatic rings. The van der Waals surface area contributed by atoms with Gasteiger partial charge in [-0.2, -0.15) is 15.0 Å². The highest BCUT2D eigenvalue weighted by atomic mass is 16.3. The fourth-order valence-corrected chi connectivity index (χ4v) is 2.96. The number of nitrogens with zero attached hydrogens (tertiary/aromatic N) is 4. The molecule has 0 atom stereocenters. The van der Waals surface area contributed by atoms with Gasteiger partial charge in [0.15, 0.2) is 5.82 Å². The maximum Gasteiger partial charge on any atom is 0.253 e. The van der Waals surface area contributed by atoms with Gasteiger partial charge in [-0.1, -0.05) is 42.5 Å². The van der Waals surface area contributed by atoms with Crippen molar-refractivity contribution < 1.29 is 9.90 Å². The predicted molar refractivity (Wildman–Crippen MR) is 111 cm³/mol. The zero-order valence-corrected chi connectivity index (χ0v) is 15.9. The highest BCUT2D eigenvalue weighted by molar-refractivity contribution is 5.93. The van der Waals surface area contributed by atoms with Crippen LogP contribution in [-0.2, 0) is 6.54 Å². The van der Waals surface area contributed by atoms with Gasteiger partial charge < -0.3 is 10.4 Å². The van der Waals surface area contributed by atoms with E-state index in [0.29, 0.717) is 29.1 Å². The molecule has 2 aromatic heterocycles. The Morgan fingerprint density at radius 3 is 2.47 bits per heavy atom. The summed E-state index contributed by atoms with van der Waals surface area (Å²) >= 11 is 0. The highest BCUT2D eigenvalue weighted by Crippen LogP contribution is 2.30. The molecule has 0 saturated heterocycles. The molecular formula is C23H17N5O2. The van der Waals surface area contributed by atoms with Crippen LogP contribution in [0.2, 0.25) is 0 Å². The van der Waals surface area contributed by atoms with Crippen molar-refractivity contribution in [2.45, 2.75) is 6.54 Å². The van der Waals surface area contributed by atoms with E-state index >= 15 is 0 Å². The summed E-state index contributed by atoms with van der Waals surface area (Å²) in [4.78, 5) is 16.6. The van der Waals surface area contributed by atoms with Crippen molar-refractivity contribution in [2.24, 2.45) is 0 Å². The fraction of sp³-hybridized carbons (Fsp3) is 0.0435. The number of carbonyl (C=O) groups excluding carboxylic acids is 1. The number of nitriles is 1. The van der Waals surface area contributed by atoms with Crippen molar-refractivity contribution in [1.29, 1.82) is 5.26 Å². The van der Waals surface area contributed by atoms with Crippen molar-refractivity contribution in [3.8, 4) is 28.9 Å². The standard InChI is InChI=1S/C23H17N5O2/c24-12-16-6-8-18(9-7-16)20-15-27-28(23(20)30)21-11-10-19(14-25-21)22(29)26-13-17-4-2-1-3-5-17/h1-11,14-15,30H,13H2,(H,26,29). The predicted octanol–water partition coefficient (Wildman–Crippen LogP) is 3.44. The fourth-order valence-electron chi connectivity index (χ4n) is 2.96. The Kier molecular flexibility index (Phi) is 5.22. The molecule has 0 bridgehead atoms. The average molecular weight is 395 g/mol. The molecule has 146 valence electrons. The van der Waals surface area contributed by atoms with E-state index in [9.17, 15) is 9.90 Å². The van der Waals surface area contributed by atoms with Gasteiger partial charge in [0.2, 0.25) is 5.88 Å². The third-order valence-corrected chi connectivity index (χ3v) is 4.59. The molecule has 4 rings (SSSR count). The Labute approximate surface area is 172 Å². The summed E-state index contributed by atoms with van der Waals surface area (Å²) in [7, 11) is 0. The minimum atomic E-state index is -0.235. The monoisotopic (exact) mass is 395 g/mol. The summed E-state index contributed by atoms with van der Waals surface area (Å²) < 4.78 is 1.29. The van der Waals surface area contributed by atoms with E-state index in [0.717, 1.165) is 11.1 Å². The zero-order chi connectivity index (χ0) is 20.9. The summed E-state index contributed by atoms with van der Waals surface area (Å²) in [5, 5.41) is 26.5. The summed E-state index contributed by atoms with van der Waals surface area (Å²) in [5.41, 5.74) is 3.20. The molecule has 0 aliphatic rings. The van der Waals surface area contributed by atoms with Crippen LogP contribution in [-0.4, -0.2) is 25.8 Å². The van der Waals surface area contributed by atoms with Crippen LogP contribution in [0.1, 0.15) is 21.5 Å². The first-order chi connectivity index (χ1) is 14.7. The SMILES string of the molecule is N#Cc1ccc(-c2cnn(-c3ccc(C(=O)NCc4ccccc4)cn3)c2O)cc1. The Balaban J connectivity index is 1.49. The summed E-state index contributed by atoms with van der Waals surface area (Å²) in [6.07, 6.45) is 2.97. The van der Waals surface area contributed by atoms with Crippen molar-refractivity contribution in [3.63, 3.8) is 0 Å². The van der Waals surface area contributed by atoms with E-state index in [1.807, 2.05) is 30.3 Å². The summed E-state index contributed by atoms with van der Waals surface area (Å²) in [6.45, 7) is 0.426. The molecule has 7 heteroatoms. The number of aromatic hydroxyl groups is 1. The van der Waals surface area contributed by atoms with Crippen molar-refractivity contribution >= 4 is 5.91 Å². The van der Waals surface area contributed by atoms with Gasteiger partial charge in [-0.05, 0) is 35.4 Å². The van der Waals surface area contributed by atoms with Gasteiger partial charge in [-0.15, -0.1) is 0 Å². The van der Waals surface area contributed by atoms with E-state index in [4.69, 9.17) is 5.26 Å². The van der Waals surface area contributed by atoms with Crippen molar-refractivity contribution in [1.82, 2.24) is 20.1 Å². The third-order valence-electron chi connectivity index (χ3n) is 4.59. The molecule has 0 fully saturated rings. The molecule has 0 saturated carbocycles. The van der Waals surface area contributed by atoms with Crippen LogP contribution in [0.25, 0.3) is 16.9 Å². The van der Waals surface area contributed by atoms with Crippen molar-refractivity contribution in [2.75, 3.05) is 0 Å². The van der Waals surface area contributed by atoms with Crippen molar-refractivity contribution in [3.05, 3.63) is 95.8 Å². The average Bonchev–Trinajstić information content (AvgIpc) is 3.19. The third kappa shape index (κ3) is 3.88. The number of pyridine rings is 1. The van der Waals surface area contributed by atoms with Crippen LogP contribution in [0, 0.1) is 11.3 Å². The summed E-state index contributed by atoms with van der Waals surface area (Å²) in [6, 6.07) is 21.8. The van der Waals surface area contributed by atoms with E-state index in [-0.39, 0.29) is 11.8 Å². The van der Waals surface area contributed by atoms with Crippen LogP contribution in [0.3, 0.4) is 0 Å². The molecule has 0 aliphatic carbocycles. The number of hydrogen-bond donors (Lipinski definition) is 2. The number of rotatable bonds is 5. The first-order valence-corrected chi connectivity index (χ1v) is 9.22. The Hall–Kier alpha value is -4.44. The van der Waals surface area contributed by atoms with E-state index in [2.05, 4.69) is 21.5 Å². The lowest BCUT2D eigenvalue weighted by Crippen LogP contribution is -2.23. The lowest BCUT2D eigenvalue weighted by molar-refractivity contribution is 0.0950. The maximum absolute atomic E-state index is 12.3. The molecule has 30 heavy (non-hydrogen) atoms. The minimum Gasteiger partial charge on any atom is -0.493 e. The van der Waals surface area contributed by atoms with Gasteiger partial charge >= 0.3 is 0 Å². The lowest BCUT2D eigenvalue weighted by atomic mass is 10.1. The van der Waals surface area contributed by atoms with Gasteiger partial charge in [0, 0.05) is 12.7 Å². The molecule has 0 spiro atoms. The Morgan fingerprint density at radius 1 is 1.03 bits per heavy atom. The molecule has 0 aliphatic heterocycles. The largest absolute Gasteiger partial charge is 0.493 e. The van der Waals surface area contributed by atoms with E-state index in [1.165, 1.54) is 17.1 Å². The second kappa shape index (κ2) is 8.29. The second-order valence-corrected chi connectivity index (χ2v) is 6.56. The lowest BCUT2D eigenvalue weighted by Gasteiger charge is -2.07. The molecule has 1 amide bonds. The number of nitrogens with one attached hydrogen (secondary N) is 1. The van der Waals surface area contributed by atoms with E-state index in [1.54, 1.807) is 36.4 Å². The zero-order valence-electron chi connectivity index (χ0n) is 15.9. The van der Waals surface area contributed by atoms with Gasteiger partial charge in [-0.25, -0.2) is 4.98 Å². The highest BCUT2D eigenvalue weighted by Gasteiger charge is 2.14. The van der Waals surface area contributed by atoms with Gasteiger partial charge in [0.05, 0.1) is 29.0 Å². The first-order valence-electron chi connectivity index (χ1n) is 9.22. The van der Waals surface area contributed by atoms with Gasteiger partial charge in [0.1, 0.15) is 0 Å². The summed E-state index contributed by atoms with van der Waals surface area (Å²) in [5.74, 6) is 0.0707. The Bertz CT molecular complexity index is 1210. The normalized spacial score (nSPS) is 10.4. The van der Waals surface area contributed by atoms with Gasteiger partial charge in [-0.3, -0.25) is 4.79 Å². The van der Waals surface area contributed by atoms with Crippen LogP contribution in [0.15, 0.2) is 79.1 Å². The molecular weight excluding hydrogens is 378 g/mol. The number of aromatic nitrogens is 3. The minimum absolute atomic E-state index is 0.0755. The Morgan fingerprint density at radius 2 is 1.80 bits per heavy atom. The molecule has 0 radical (unpaired) electrons. The number of amides is 1. The quantitative estimate of drug-likeness (QED) is 0.539. The molecule has 7 nitrogen and oxygen atoms in total. The molecule has 2 aromatic carbocycles.